The molecule has 1 aromatic rings. The Bertz CT molecular complexity index is 739. The van der Waals surface area contributed by atoms with E-state index in [0.29, 0.717) is 11.3 Å². The maximum atomic E-state index is 12.6. The lowest BCUT2D eigenvalue weighted by Gasteiger charge is -2.26. The number of ether oxygens (including phenoxy) is 1. The average molecular weight is 408 g/mol. The summed E-state index contributed by atoms with van der Waals surface area (Å²) in [5.41, 5.74) is 1.37. The van der Waals surface area contributed by atoms with Gasteiger partial charge < -0.3 is 20.3 Å². The molecule has 3 amide bonds. The molecule has 1 saturated heterocycles. The number of thioether (sulfide) groups is 1. The molecule has 0 spiro atoms. The van der Waals surface area contributed by atoms with Gasteiger partial charge in [-0.3, -0.25) is 9.59 Å². The predicted octanol–water partition coefficient (Wildman–Crippen LogP) is 3.04. The van der Waals surface area contributed by atoms with E-state index in [1.54, 1.807) is 45.9 Å². The molecule has 154 valence electrons. The number of rotatable bonds is 4. The van der Waals surface area contributed by atoms with E-state index in [9.17, 15) is 14.4 Å². The van der Waals surface area contributed by atoms with Crippen molar-refractivity contribution in [2.45, 2.75) is 46.3 Å². The van der Waals surface area contributed by atoms with E-state index in [1.165, 1.54) is 0 Å². The van der Waals surface area contributed by atoms with Crippen molar-refractivity contribution in [3.8, 4) is 0 Å². The fraction of sp³-hybridized carbons (Fsp3) is 0.550. The molecule has 1 aromatic carbocycles. The van der Waals surface area contributed by atoms with Gasteiger partial charge in [-0.1, -0.05) is 0 Å². The number of carbonyl (C=O) groups excluding carboxylic acids is 3. The Hall–Kier alpha value is -2.22. The van der Waals surface area contributed by atoms with Crippen LogP contribution in [0.15, 0.2) is 18.2 Å². The third kappa shape index (κ3) is 6.44. The average Bonchev–Trinajstić information content (AvgIpc) is 2.61. The van der Waals surface area contributed by atoms with Crippen LogP contribution in [0.3, 0.4) is 0 Å². The maximum Gasteiger partial charge on any atom is 0.408 e. The highest BCUT2D eigenvalue weighted by atomic mass is 32.2. The molecule has 1 aliphatic heterocycles. The van der Waals surface area contributed by atoms with Crippen LogP contribution in [0, 0.1) is 6.92 Å². The van der Waals surface area contributed by atoms with Gasteiger partial charge in [-0.2, -0.15) is 11.8 Å². The molecule has 1 heterocycles. The van der Waals surface area contributed by atoms with Crippen LogP contribution in [-0.4, -0.2) is 59.0 Å². The monoisotopic (exact) mass is 407 g/mol. The minimum atomic E-state index is -0.763. The molecule has 1 fully saturated rings. The second-order valence-electron chi connectivity index (χ2n) is 7.79. The first-order chi connectivity index (χ1) is 13.1. The number of anilines is 1. The smallest absolute Gasteiger partial charge is 0.408 e. The molecule has 0 aliphatic carbocycles. The van der Waals surface area contributed by atoms with Gasteiger partial charge in [-0.25, -0.2) is 4.79 Å². The van der Waals surface area contributed by atoms with Gasteiger partial charge in [-0.05, 0) is 58.4 Å². The summed E-state index contributed by atoms with van der Waals surface area (Å²) >= 11 is 1.85. The molecule has 7 nitrogen and oxygen atoms in total. The number of hydrogen-bond donors (Lipinski definition) is 2. The van der Waals surface area contributed by atoms with E-state index in [0.717, 1.165) is 30.2 Å². The number of aryl methyl sites for hydroxylation is 1. The first-order valence-electron chi connectivity index (χ1n) is 9.35. The fourth-order valence-electron chi connectivity index (χ4n) is 2.68. The summed E-state index contributed by atoms with van der Waals surface area (Å²) in [5, 5.41) is 5.30. The van der Waals surface area contributed by atoms with Crippen LogP contribution in [-0.2, 0) is 9.53 Å². The Morgan fingerprint density at radius 2 is 1.82 bits per heavy atom. The van der Waals surface area contributed by atoms with Crippen LogP contribution in [0.1, 0.15) is 43.6 Å². The molecule has 2 N–H and O–H groups in total. The number of amides is 3. The van der Waals surface area contributed by atoms with Crippen LogP contribution in [0.5, 0.6) is 0 Å². The van der Waals surface area contributed by atoms with Crippen molar-refractivity contribution in [3.05, 3.63) is 29.3 Å². The SMILES string of the molecule is Cc1cc(C(=O)N2CCSCC2)ccc1NC(=O)C(C)NC(=O)OC(C)(C)C. The third-order valence-electron chi connectivity index (χ3n) is 4.16. The molecule has 0 saturated carbocycles. The first kappa shape index (κ1) is 22.1. The zero-order valence-corrected chi connectivity index (χ0v) is 17.9. The Morgan fingerprint density at radius 3 is 2.39 bits per heavy atom. The van der Waals surface area contributed by atoms with Crippen molar-refractivity contribution < 1.29 is 19.1 Å². The number of hydrogen-bond acceptors (Lipinski definition) is 5. The summed E-state index contributed by atoms with van der Waals surface area (Å²) < 4.78 is 5.16. The molecule has 0 radical (unpaired) electrons. The van der Waals surface area contributed by atoms with Crippen LogP contribution >= 0.6 is 11.8 Å². The first-order valence-corrected chi connectivity index (χ1v) is 10.5. The molecule has 8 heteroatoms. The maximum absolute atomic E-state index is 12.6. The quantitative estimate of drug-likeness (QED) is 0.801. The number of carbonyl (C=O) groups is 3. The molecular weight excluding hydrogens is 378 g/mol. The summed E-state index contributed by atoms with van der Waals surface area (Å²) in [4.78, 5) is 38.6. The number of nitrogens with one attached hydrogen (secondary N) is 2. The van der Waals surface area contributed by atoms with E-state index in [-0.39, 0.29) is 11.8 Å². The molecule has 1 atom stereocenters. The van der Waals surface area contributed by atoms with E-state index in [2.05, 4.69) is 10.6 Å². The van der Waals surface area contributed by atoms with Crippen molar-refractivity contribution in [1.29, 1.82) is 0 Å². The topological polar surface area (TPSA) is 87.7 Å². The summed E-state index contributed by atoms with van der Waals surface area (Å²) in [6.45, 7) is 10.2. The molecule has 28 heavy (non-hydrogen) atoms. The Kier molecular flexibility index (Phi) is 7.35. The van der Waals surface area contributed by atoms with Crippen molar-refractivity contribution in [2.75, 3.05) is 29.9 Å². The largest absolute Gasteiger partial charge is 0.444 e. The third-order valence-corrected chi connectivity index (χ3v) is 5.10. The van der Waals surface area contributed by atoms with Gasteiger partial charge in [0.25, 0.3) is 5.91 Å². The zero-order valence-electron chi connectivity index (χ0n) is 17.1. The van der Waals surface area contributed by atoms with Crippen molar-refractivity contribution >= 4 is 35.4 Å². The molecule has 2 rings (SSSR count). The van der Waals surface area contributed by atoms with Crippen molar-refractivity contribution in [3.63, 3.8) is 0 Å². The number of alkyl carbamates (subject to hydrolysis) is 1. The molecular formula is C20H29N3O4S. The highest BCUT2D eigenvalue weighted by Gasteiger charge is 2.22. The number of benzene rings is 1. The predicted molar refractivity (Wildman–Crippen MR) is 112 cm³/mol. The van der Waals surface area contributed by atoms with Gasteiger partial charge in [0.05, 0.1) is 0 Å². The van der Waals surface area contributed by atoms with Gasteiger partial charge in [0, 0.05) is 35.8 Å². The normalized spacial score (nSPS) is 15.5. The van der Waals surface area contributed by atoms with Crippen LogP contribution in [0.25, 0.3) is 0 Å². The lowest BCUT2D eigenvalue weighted by molar-refractivity contribution is -0.117. The minimum Gasteiger partial charge on any atom is -0.444 e. The van der Waals surface area contributed by atoms with Gasteiger partial charge in [0.1, 0.15) is 11.6 Å². The Balaban J connectivity index is 1.97. The highest BCUT2D eigenvalue weighted by molar-refractivity contribution is 7.99. The van der Waals surface area contributed by atoms with Crippen LogP contribution in [0.4, 0.5) is 10.5 Å². The van der Waals surface area contributed by atoms with Gasteiger partial charge in [0.2, 0.25) is 5.91 Å². The molecule has 0 bridgehead atoms. The molecule has 1 unspecified atom stereocenters. The van der Waals surface area contributed by atoms with Crippen molar-refractivity contribution in [1.82, 2.24) is 10.2 Å². The summed E-state index contributed by atoms with van der Waals surface area (Å²) in [6.07, 6.45) is -0.646. The van der Waals surface area contributed by atoms with E-state index < -0.39 is 17.7 Å². The summed E-state index contributed by atoms with van der Waals surface area (Å²) in [6, 6.07) is 4.46. The van der Waals surface area contributed by atoms with E-state index >= 15 is 0 Å². The second kappa shape index (κ2) is 9.32. The molecule has 0 aromatic heterocycles. The summed E-state index contributed by atoms with van der Waals surface area (Å²) in [7, 11) is 0. The van der Waals surface area contributed by atoms with Crippen LogP contribution in [0.2, 0.25) is 0 Å². The standard InChI is InChI=1S/C20H29N3O4S/c1-13-12-15(18(25)23-8-10-28-11-9-23)6-7-16(13)22-17(24)14(2)21-19(26)27-20(3,4)5/h6-7,12,14H,8-11H2,1-5H3,(H,21,26)(H,22,24). The zero-order chi connectivity index (χ0) is 20.9. The number of nitrogens with zero attached hydrogens (tertiary/aromatic N) is 1. The van der Waals surface area contributed by atoms with E-state index in [4.69, 9.17) is 4.74 Å². The lowest BCUT2D eigenvalue weighted by Crippen LogP contribution is -2.44. The fourth-order valence-corrected chi connectivity index (χ4v) is 3.58. The van der Waals surface area contributed by atoms with Gasteiger partial charge in [0.15, 0.2) is 0 Å². The Labute approximate surface area is 170 Å². The lowest BCUT2D eigenvalue weighted by atomic mass is 10.1. The second-order valence-corrected chi connectivity index (χ2v) is 9.02. The van der Waals surface area contributed by atoms with Crippen LogP contribution < -0.4 is 10.6 Å². The summed E-state index contributed by atoms with van der Waals surface area (Å²) in [5.74, 6) is 1.57. The van der Waals surface area contributed by atoms with Gasteiger partial charge in [-0.15, -0.1) is 0 Å². The van der Waals surface area contributed by atoms with E-state index in [1.807, 2.05) is 23.6 Å². The highest BCUT2D eigenvalue weighted by Crippen LogP contribution is 2.19. The molecule has 1 aliphatic rings. The Morgan fingerprint density at radius 1 is 1.18 bits per heavy atom. The van der Waals surface area contributed by atoms with Crippen molar-refractivity contribution in [2.24, 2.45) is 0 Å². The minimum absolute atomic E-state index is 0.0150. The van der Waals surface area contributed by atoms with Gasteiger partial charge >= 0.3 is 6.09 Å².